The van der Waals surface area contributed by atoms with Crippen molar-refractivity contribution in [1.82, 2.24) is 5.43 Å². The molecule has 1 aliphatic rings. The van der Waals surface area contributed by atoms with Crippen molar-refractivity contribution in [3.05, 3.63) is 101 Å². The van der Waals surface area contributed by atoms with Gasteiger partial charge in [-0.1, -0.05) is 59.7 Å². The van der Waals surface area contributed by atoms with Crippen molar-refractivity contribution in [3.8, 4) is 5.75 Å². The SMILES string of the molecule is COc1ccc(/C=N\NC(=O)[C@@H]2CC2(c2ccc(C)cc2)c2ccc(C)cc2)cc1. The molecule has 4 nitrogen and oxygen atoms in total. The summed E-state index contributed by atoms with van der Waals surface area (Å²) in [5.74, 6) is 0.590. The van der Waals surface area contributed by atoms with E-state index in [1.807, 2.05) is 24.3 Å². The number of amides is 1. The van der Waals surface area contributed by atoms with Gasteiger partial charge in [0, 0.05) is 5.41 Å². The highest BCUT2D eigenvalue weighted by atomic mass is 16.5. The van der Waals surface area contributed by atoms with Crippen molar-refractivity contribution in [3.63, 3.8) is 0 Å². The van der Waals surface area contributed by atoms with Crippen LogP contribution in [0.1, 0.15) is 34.2 Å². The molecule has 1 N–H and O–H groups in total. The lowest BCUT2D eigenvalue weighted by Gasteiger charge is -2.19. The van der Waals surface area contributed by atoms with Crippen LogP contribution in [0.3, 0.4) is 0 Å². The molecule has 1 saturated carbocycles. The molecule has 30 heavy (non-hydrogen) atoms. The Bertz CT molecular complexity index is 1010. The summed E-state index contributed by atoms with van der Waals surface area (Å²) in [6, 6.07) is 24.5. The lowest BCUT2D eigenvalue weighted by Crippen LogP contribution is -2.25. The van der Waals surface area contributed by atoms with Crippen LogP contribution in [0.25, 0.3) is 0 Å². The van der Waals surface area contributed by atoms with Crippen molar-refractivity contribution in [2.24, 2.45) is 11.0 Å². The highest BCUT2D eigenvalue weighted by Gasteiger charge is 2.60. The van der Waals surface area contributed by atoms with Crippen molar-refractivity contribution < 1.29 is 9.53 Å². The number of carbonyl (C=O) groups is 1. The number of hydrogen-bond donors (Lipinski definition) is 1. The standard InChI is InChI=1S/C26H26N2O2/c1-18-4-10-21(11-5-18)26(22-12-6-19(2)7-13-22)16-24(26)25(29)28-27-17-20-8-14-23(30-3)15-9-20/h4-15,17,24H,16H2,1-3H3,(H,28,29)/b27-17-/t24-/m0/s1. The number of nitrogens with zero attached hydrogens (tertiary/aromatic N) is 1. The molecule has 4 rings (SSSR count). The maximum atomic E-state index is 12.9. The molecule has 1 atom stereocenters. The van der Waals surface area contributed by atoms with Gasteiger partial charge in [-0.25, -0.2) is 5.43 Å². The molecule has 152 valence electrons. The summed E-state index contributed by atoms with van der Waals surface area (Å²) in [7, 11) is 1.63. The lowest BCUT2D eigenvalue weighted by atomic mass is 9.85. The smallest absolute Gasteiger partial charge is 0.244 e. The van der Waals surface area contributed by atoms with Gasteiger partial charge in [0.15, 0.2) is 0 Å². The van der Waals surface area contributed by atoms with Crippen LogP contribution in [0.4, 0.5) is 0 Å². The third-order valence-corrected chi connectivity index (χ3v) is 5.91. The Labute approximate surface area is 177 Å². The molecule has 4 heteroatoms. The molecule has 0 radical (unpaired) electrons. The van der Waals surface area contributed by atoms with E-state index in [2.05, 4.69) is 72.9 Å². The third-order valence-electron chi connectivity index (χ3n) is 5.91. The Kier molecular flexibility index (Phi) is 5.40. The Morgan fingerprint density at radius 3 is 1.97 bits per heavy atom. The quantitative estimate of drug-likeness (QED) is 0.480. The number of carbonyl (C=O) groups excluding carboxylic acids is 1. The van der Waals surface area contributed by atoms with Crippen LogP contribution < -0.4 is 10.2 Å². The Balaban J connectivity index is 1.53. The van der Waals surface area contributed by atoms with Crippen LogP contribution in [0.2, 0.25) is 0 Å². The number of ether oxygens (including phenoxy) is 1. The van der Waals surface area contributed by atoms with Crippen molar-refractivity contribution >= 4 is 12.1 Å². The van der Waals surface area contributed by atoms with E-state index in [0.29, 0.717) is 0 Å². The van der Waals surface area contributed by atoms with Crippen LogP contribution >= 0.6 is 0 Å². The van der Waals surface area contributed by atoms with Gasteiger partial charge in [0.1, 0.15) is 5.75 Å². The maximum absolute atomic E-state index is 12.9. The molecule has 0 aliphatic heterocycles. The third kappa shape index (κ3) is 3.86. The van der Waals surface area contributed by atoms with Gasteiger partial charge in [-0.05, 0) is 61.2 Å². The topological polar surface area (TPSA) is 50.7 Å². The predicted molar refractivity (Wildman–Crippen MR) is 120 cm³/mol. The van der Waals surface area contributed by atoms with Gasteiger partial charge in [-0.3, -0.25) is 4.79 Å². The summed E-state index contributed by atoms with van der Waals surface area (Å²) in [5.41, 5.74) is 8.12. The first kappa shape index (κ1) is 19.9. The molecule has 0 saturated heterocycles. The van der Waals surface area contributed by atoms with Gasteiger partial charge in [-0.2, -0.15) is 5.10 Å². The fourth-order valence-corrected chi connectivity index (χ4v) is 4.02. The second kappa shape index (κ2) is 8.15. The lowest BCUT2D eigenvalue weighted by molar-refractivity contribution is -0.122. The fraction of sp³-hybridized carbons (Fsp3) is 0.231. The molecule has 0 aromatic heterocycles. The fourth-order valence-electron chi connectivity index (χ4n) is 4.02. The first-order valence-electron chi connectivity index (χ1n) is 10.1. The highest BCUT2D eigenvalue weighted by Crippen LogP contribution is 2.59. The molecule has 0 heterocycles. The summed E-state index contributed by atoms with van der Waals surface area (Å²) >= 11 is 0. The van der Waals surface area contributed by atoms with Gasteiger partial charge >= 0.3 is 0 Å². The van der Waals surface area contributed by atoms with E-state index in [1.54, 1.807) is 13.3 Å². The molecule has 3 aromatic rings. The summed E-state index contributed by atoms with van der Waals surface area (Å²) in [4.78, 5) is 12.9. The van der Waals surface area contributed by atoms with Crippen LogP contribution in [0.15, 0.2) is 77.9 Å². The second-order valence-electron chi connectivity index (χ2n) is 7.97. The van der Waals surface area contributed by atoms with Gasteiger partial charge < -0.3 is 4.74 Å². The van der Waals surface area contributed by atoms with Crippen LogP contribution in [-0.2, 0) is 10.2 Å². The van der Waals surface area contributed by atoms with E-state index in [1.165, 1.54) is 22.3 Å². The minimum absolute atomic E-state index is 0.0547. The zero-order chi connectivity index (χ0) is 21.1. The van der Waals surface area contributed by atoms with Gasteiger partial charge in [0.25, 0.3) is 0 Å². The summed E-state index contributed by atoms with van der Waals surface area (Å²) in [6.45, 7) is 4.15. The average Bonchev–Trinajstić information content (AvgIpc) is 3.52. The van der Waals surface area contributed by atoms with Crippen LogP contribution in [-0.4, -0.2) is 19.2 Å². The predicted octanol–water partition coefficient (Wildman–Crippen LogP) is 4.77. The number of aryl methyl sites for hydroxylation is 2. The largest absolute Gasteiger partial charge is 0.497 e. The van der Waals surface area contributed by atoms with Crippen LogP contribution in [0.5, 0.6) is 5.75 Å². The Hall–Kier alpha value is -3.40. The van der Waals surface area contributed by atoms with Gasteiger partial charge in [0.05, 0.1) is 19.2 Å². The van der Waals surface area contributed by atoms with E-state index in [0.717, 1.165) is 17.7 Å². The second-order valence-corrected chi connectivity index (χ2v) is 7.97. The molecular weight excluding hydrogens is 372 g/mol. The van der Waals surface area contributed by atoms with E-state index in [9.17, 15) is 4.79 Å². The molecule has 3 aromatic carbocycles. The van der Waals surface area contributed by atoms with E-state index < -0.39 is 0 Å². The number of hydrazone groups is 1. The number of hydrogen-bond acceptors (Lipinski definition) is 3. The highest BCUT2D eigenvalue weighted by molar-refractivity contribution is 5.87. The van der Waals surface area contributed by atoms with Crippen molar-refractivity contribution in [2.45, 2.75) is 25.7 Å². The van der Waals surface area contributed by atoms with Gasteiger partial charge in [0.2, 0.25) is 5.91 Å². The molecule has 0 spiro atoms. The first-order chi connectivity index (χ1) is 14.5. The number of rotatable bonds is 6. The summed E-state index contributed by atoms with van der Waals surface area (Å²) < 4.78 is 5.16. The summed E-state index contributed by atoms with van der Waals surface area (Å²) in [6.07, 6.45) is 2.43. The van der Waals surface area contributed by atoms with Crippen molar-refractivity contribution in [1.29, 1.82) is 0 Å². The molecule has 1 amide bonds. The minimum Gasteiger partial charge on any atom is -0.497 e. The Morgan fingerprint density at radius 2 is 1.47 bits per heavy atom. The average molecular weight is 399 g/mol. The monoisotopic (exact) mass is 398 g/mol. The normalized spacial score (nSPS) is 17.0. The maximum Gasteiger partial charge on any atom is 0.244 e. The number of benzene rings is 3. The molecule has 0 bridgehead atoms. The molecule has 0 unspecified atom stereocenters. The van der Waals surface area contributed by atoms with Gasteiger partial charge in [-0.15, -0.1) is 0 Å². The molecule has 1 fully saturated rings. The minimum atomic E-state index is -0.291. The number of nitrogens with one attached hydrogen (secondary N) is 1. The number of methoxy groups -OCH3 is 1. The van der Waals surface area contributed by atoms with E-state index in [4.69, 9.17) is 4.74 Å². The zero-order valence-corrected chi connectivity index (χ0v) is 17.6. The first-order valence-corrected chi connectivity index (χ1v) is 10.1. The van der Waals surface area contributed by atoms with E-state index in [-0.39, 0.29) is 17.2 Å². The van der Waals surface area contributed by atoms with E-state index >= 15 is 0 Å². The van der Waals surface area contributed by atoms with Crippen molar-refractivity contribution in [2.75, 3.05) is 7.11 Å². The molecule has 1 aliphatic carbocycles. The van der Waals surface area contributed by atoms with Crippen LogP contribution in [0, 0.1) is 19.8 Å². The Morgan fingerprint density at radius 1 is 0.933 bits per heavy atom. The molecular formula is C26H26N2O2. The zero-order valence-electron chi connectivity index (χ0n) is 17.6. The summed E-state index contributed by atoms with van der Waals surface area (Å²) in [5, 5.41) is 4.17.